The van der Waals surface area contributed by atoms with Gasteiger partial charge in [0.1, 0.15) is 0 Å². The van der Waals surface area contributed by atoms with Gasteiger partial charge < -0.3 is 15.4 Å². The van der Waals surface area contributed by atoms with E-state index in [0.717, 1.165) is 25.9 Å². The summed E-state index contributed by atoms with van der Waals surface area (Å²) in [6.07, 6.45) is 4.14. The summed E-state index contributed by atoms with van der Waals surface area (Å²) in [5.41, 5.74) is -0.565. The first kappa shape index (κ1) is 28.2. The molecule has 4 nitrogen and oxygen atoms in total. The van der Waals surface area contributed by atoms with E-state index in [9.17, 15) is 4.79 Å². The van der Waals surface area contributed by atoms with Crippen molar-refractivity contribution in [1.29, 1.82) is 0 Å². The molecule has 0 aliphatic rings. The van der Waals surface area contributed by atoms with Crippen LogP contribution in [0.15, 0.2) is 0 Å². The van der Waals surface area contributed by atoms with Gasteiger partial charge in [-0.15, -0.1) is 0 Å². The van der Waals surface area contributed by atoms with Crippen LogP contribution in [-0.2, 0) is 9.53 Å². The molecule has 0 spiro atoms. The fraction of sp³-hybridized carbons (Fsp3) is 0.950. The first-order valence-electron chi connectivity index (χ1n) is 9.82. The quantitative estimate of drug-likeness (QED) is 0.530. The van der Waals surface area contributed by atoms with Gasteiger partial charge in [0.2, 0.25) is 5.91 Å². The molecule has 0 bridgehead atoms. The molecule has 1 amide bonds. The van der Waals surface area contributed by atoms with Crippen molar-refractivity contribution in [3.8, 4) is 0 Å². The van der Waals surface area contributed by atoms with Gasteiger partial charge >= 0.3 is 0 Å². The molecule has 0 aromatic rings. The van der Waals surface area contributed by atoms with E-state index in [4.69, 9.17) is 4.74 Å². The molecule has 2 N–H and O–H groups in total. The summed E-state index contributed by atoms with van der Waals surface area (Å²) < 4.78 is 5.86. The fourth-order valence-corrected chi connectivity index (χ4v) is 1.99. The van der Waals surface area contributed by atoms with Gasteiger partial charge in [-0.25, -0.2) is 0 Å². The molecule has 0 aliphatic heterocycles. The van der Waals surface area contributed by atoms with E-state index in [1.807, 2.05) is 48.6 Å². The smallest absolute Gasteiger partial charge is 0.225 e. The minimum Gasteiger partial charge on any atom is -0.374 e. The van der Waals surface area contributed by atoms with Crippen molar-refractivity contribution in [2.75, 3.05) is 26.7 Å². The highest BCUT2D eigenvalue weighted by Gasteiger charge is 2.28. The molecular formula is C20H46N2O2. The standard InChI is InChI=1S/C16H34N2O2.2C2H6/c1-7-8-9-11-18-14(19)15(2,3)10-12-20-16(4,5)13-17-6;2*1-2/h17H,7-13H2,1-6H3,(H,18,19);2*1-2H3. The number of nitrogens with one attached hydrogen (secondary N) is 2. The number of hydrogen-bond acceptors (Lipinski definition) is 3. The molecular weight excluding hydrogens is 300 g/mol. The van der Waals surface area contributed by atoms with Crippen LogP contribution in [0.5, 0.6) is 0 Å². The van der Waals surface area contributed by atoms with Crippen LogP contribution in [0.3, 0.4) is 0 Å². The Balaban J connectivity index is -0.00000102. The van der Waals surface area contributed by atoms with Gasteiger partial charge in [-0.1, -0.05) is 61.3 Å². The topological polar surface area (TPSA) is 50.4 Å². The maximum absolute atomic E-state index is 12.1. The van der Waals surface area contributed by atoms with Crippen LogP contribution in [0.2, 0.25) is 0 Å². The van der Waals surface area contributed by atoms with E-state index >= 15 is 0 Å². The van der Waals surface area contributed by atoms with E-state index in [2.05, 4.69) is 31.4 Å². The fourth-order valence-electron chi connectivity index (χ4n) is 1.99. The molecule has 0 saturated heterocycles. The lowest BCUT2D eigenvalue weighted by atomic mass is 9.88. The van der Waals surface area contributed by atoms with Crippen LogP contribution >= 0.6 is 0 Å². The highest BCUT2D eigenvalue weighted by molar-refractivity contribution is 5.81. The zero-order valence-corrected chi connectivity index (χ0v) is 18.3. The molecule has 0 atom stereocenters. The van der Waals surface area contributed by atoms with Crippen LogP contribution < -0.4 is 10.6 Å². The number of rotatable bonds is 11. The van der Waals surface area contributed by atoms with Crippen LogP contribution in [0.4, 0.5) is 0 Å². The minimum absolute atomic E-state index is 0.128. The zero-order chi connectivity index (χ0) is 19.6. The average molecular weight is 347 g/mol. The van der Waals surface area contributed by atoms with Crippen molar-refractivity contribution in [1.82, 2.24) is 10.6 Å². The van der Waals surface area contributed by atoms with Crippen LogP contribution in [-0.4, -0.2) is 38.3 Å². The molecule has 0 aromatic carbocycles. The van der Waals surface area contributed by atoms with Crippen molar-refractivity contribution in [3.63, 3.8) is 0 Å². The van der Waals surface area contributed by atoms with Gasteiger partial charge in [-0.05, 0) is 33.7 Å². The molecule has 0 aromatic heterocycles. The number of carbonyl (C=O) groups is 1. The van der Waals surface area contributed by atoms with E-state index in [1.165, 1.54) is 12.8 Å². The summed E-state index contributed by atoms with van der Waals surface area (Å²) in [4.78, 5) is 12.1. The number of unbranched alkanes of at least 4 members (excludes halogenated alkanes) is 2. The van der Waals surface area contributed by atoms with Gasteiger partial charge in [-0.3, -0.25) is 4.79 Å². The summed E-state index contributed by atoms with van der Waals surface area (Å²) in [7, 11) is 1.92. The Morgan fingerprint density at radius 3 is 2.00 bits per heavy atom. The molecule has 0 heterocycles. The highest BCUT2D eigenvalue weighted by atomic mass is 16.5. The lowest BCUT2D eigenvalue weighted by Crippen LogP contribution is -2.40. The van der Waals surface area contributed by atoms with Gasteiger partial charge in [0.25, 0.3) is 0 Å². The summed E-state index contributed by atoms with van der Waals surface area (Å²) in [5, 5.41) is 6.14. The molecule has 0 saturated carbocycles. The Kier molecular flexibility index (Phi) is 20.2. The molecule has 4 heteroatoms. The molecule has 24 heavy (non-hydrogen) atoms. The van der Waals surface area contributed by atoms with Crippen molar-refractivity contribution >= 4 is 5.91 Å². The van der Waals surface area contributed by atoms with Crippen LogP contribution in [0.1, 0.15) is 88.0 Å². The number of amides is 1. The summed E-state index contributed by atoms with van der Waals surface area (Å²) in [6.45, 7) is 20.4. The molecule has 0 unspecified atom stereocenters. The van der Waals surface area contributed by atoms with Gasteiger partial charge in [0.05, 0.1) is 5.60 Å². The Labute approximate surface area is 152 Å². The Hall–Kier alpha value is -0.610. The zero-order valence-electron chi connectivity index (χ0n) is 18.3. The Morgan fingerprint density at radius 2 is 1.54 bits per heavy atom. The number of carbonyl (C=O) groups excluding carboxylic acids is 1. The molecule has 0 fully saturated rings. The molecule has 0 radical (unpaired) electrons. The molecule has 0 rings (SSSR count). The van der Waals surface area contributed by atoms with Crippen molar-refractivity contribution in [3.05, 3.63) is 0 Å². The van der Waals surface area contributed by atoms with E-state index in [1.54, 1.807) is 0 Å². The van der Waals surface area contributed by atoms with Crippen LogP contribution in [0.25, 0.3) is 0 Å². The minimum atomic E-state index is -0.373. The van der Waals surface area contributed by atoms with E-state index < -0.39 is 0 Å². The summed E-state index contributed by atoms with van der Waals surface area (Å²) >= 11 is 0. The summed E-state index contributed by atoms with van der Waals surface area (Å²) in [5.74, 6) is 0.128. The third-order valence-electron chi connectivity index (χ3n) is 3.50. The van der Waals surface area contributed by atoms with Crippen molar-refractivity contribution in [2.45, 2.75) is 93.6 Å². The maximum Gasteiger partial charge on any atom is 0.225 e. The third-order valence-corrected chi connectivity index (χ3v) is 3.50. The second kappa shape index (κ2) is 17.2. The predicted octanol–water partition coefficient (Wildman–Crippen LogP) is 4.78. The largest absolute Gasteiger partial charge is 0.374 e. The number of hydrogen-bond donors (Lipinski definition) is 2. The highest BCUT2D eigenvalue weighted by Crippen LogP contribution is 2.22. The second-order valence-electron chi connectivity index (χ2n) is 6.74. The second-order valence-corrected chi connectivity index (χ2v) is 6.74. The monoisotopic (exact) mass is 346 g/mol. The summed E-state index contributed by atoms with van der Waals surface area (Å²) in [6, 6.07) is 0. The lowest BCUT2D eigenvalue weighted by molar-refractivity contribution is -0.131. The van der Waals surface area contributed by atoms with Crippen molar-refractivity contribution in [2.24, 2.45) is 5.41 Å². The lowest BCUT2D eigenvalue weighted by Gasteiger charge is -2.28. The van der Waals surface area contributed by atoms with Gasteiger partial charge in [0.15, 0.2) is 0 Å². The molecule has 0 aliphatic carbocycles. The van der Waals surface area contributed by atoms with E-state index in [-0.39, 0.29) is 16.9 Å². The molecule has 148 valence electrons. The predicted molar refractivity (Wildman–Crippen MR) is 108 cm³/mol. The van der Waals surface area contributed by atoms with Crippen molar-refractivity contribution < 1.29 is 9.53 Å². The number of ether oxygens (including phenoxy) is 1. The first-order chi connectivity index (χ1) is 11.2. The average Bonchev–Trinajstić information content (AvgIpc) is 2.54. The van der Waals surface area contributed by atoms with Gasteiger partial charge in [0, 0.05) is 25.1 Å². The van der Waals surface area contributed by atoms with Crippen LogP contribution in [0, 0.1) is 5.41 Å². The normalized spacial score (nSPS) is 10.9. The maximum atomic E-state index is 12.1. The SMILES string of the molecule is CC.CC.CCCCCNC(=O)C(C)(C)CCOC(C)(C)CNC. The van der Waals surface area contributed by atoms with E-state index in [0.29, 0.717) is 6.61 Å². The first-order valence-corrected chi connectivity index (χ1v) is 9.82. The Morgan fingerprint density at radius 1 is 1.00 bits per heavy atom. The Bertz CT molecular complexity index is 277. The third kappa shape index (κ3) is 16.3. The van der Waals surface area contributed by atoms with Gasteiger partial charge in [-0.2, -0.15) is 0 Å². The number of likely N-dealkylation sites (N-methyl/N-ethyl adjacent to an activating group) is 1.